The van der Waals surface area contributed by atoms with Gasteiger partial charge in [-0.25, -0.2) is 0 Å². The van der Waals surface area contributed by atoms with Crippen molar-refractivity contribution in [1.29, 1.82) is 0 Å². The van der Waals surface area contributed by atoms with E-state index in [0.29, 0.717) is 0 Å². The van der Waals surface area contributed by atoms with Crippen LogP contribution in [0.15, 0.2) is 224 Å². The van der Waals surface area contributed by atoms with Crippen molar-refractivity contribution in [3.8, 4) is 22.5 Å². The Labute approximate surface area is 341 Å². The summed E-state index contributed by atoms with van der Waals surface area (Å²) in [6, 6.07) is 81.8. The molecule has 0 radical (unpaired) electrons. The summed E-state index contributed by atoms with van der Waals surface area (Å²) in [5.74, 6) is 0. The summed E-state index contributed by atoms with van der Waals surface area (Å²) in [4.78, 5) is 2.45. The lowest BCUT2D eigenvalue weighted by Gasteiger charge is -2.28. The Morgan fingerprint density at radius 1 is 0.305 bits per heavy atom. The lowest BCUT2D eigenvalue weighted by atomic mass is 9.98. The summed E-state index contributed by atoms with van der Waals surface area (Å²) in [5, 5.41) is 9.91. The van der Waals surface area contributed by atoms with Crippen LogP contribution < -0.4 is 4.90 Å². The van der Waals surface area contributed by atoms with Gasteiger partial charge in [0.1, 0.15) is 0 Å². The third-order valence-corrected chi connectivity index (χ3v) is 12.1. The van der Waals surface area contributed by atoms with Crippen LogP contribution >= 0.6 is 0 Å². The average Bonchev–Trinajstić information content (AvgIpc) is 3.83. The molecule has 0 saturated carbocycles. The lowest BCUT2D eigenvalue weighted by Crippen LogP contribution is -2.11. The van der Waals surface area contributed by atoms with E-state index in [9.17, 15) is 0 Å². The van der Waals surface area contributed by atoms with Gasteiger partial charge in [0.05, 0.1) is 27.8 Å². The Bertz CT molecular complexity index is 3500. The van der Waals surface area contributed by atoms with Crippen LogP contribution in [0.1, 0.15) is 0 Å². The van der Waals surface area contributed by atoms with Crippen molar-refractivity contribution >= 4 is 82.2 Å². The van der Waals surface area contributed by atoms with E-state index >= 15 is 0 Å². The zero-order valence-corrected chi connectivity index (χ0v) is 32.2. The molecule has 0 aliphatic carbocycles. The van der Waals surface area contributed by atoms with Crippen molar-refractivity contribution < 1.29 is 0 Å². The number of anilines is 3. The van der Waals surface area contributed by atoms with Gasteiger partial charge in [-0.1, -0.05) is 152 Å². The summed E-state index contributed by atoms with van der Waals surface area (Å²) in [6.07, 6.45) is 0. The topological polar surface area (TPSA) is 13.1 Å². The second-order valence-corrected chi connectivity index (χ2v) is 15.3. The summed E-state index contributed by atoms with van der Waals surface area (Å²) in [5.41, 5.74) is 12.7. The highest BCUT2D eigenvalue weighted by atomic mass is 15.1. The van der Waals surface area contributed by atoms with Crippen molar-refractivity contribution in [2.24, 2.45) is 0 Å². The molecule has 0 N–H and O–H groups in total. The Morgan fingerprint density at radius 3 is 1.54 bits per heavy atom. The van der Waals surface area contributed by atoms with Gasteiger partial charge in [0.25, 0.3) is 0 Å². The van der Waals surface area contributed by atoms with E-state index in [4.69, 9.17) is 0 Å². The molecule has 0 aliphatic heterocycles. The third-order valence-electron chi connectivity index (χ3n) is 12.1. The highest BCUT2D eigenvalue weighted by Crippen LogP contribution is 2.45. The zero-order valence-electron chi connectivity index (χ0n) is 32.2. The van der Waals surface area contributed by atoms with Crippen LogP contribution in [0.2, 0.25) is 0 Å². The second kappa shape index (κ2) is 13.4. The largest absolute Gasteiger partial charge is 0.310 e. The highest BCUT2D eigenvalue weighted by Gasteiger charge is 2.21. The Morgan fingerprint density at radius 2 is 0.831 bits per heavy atom. The maximum atomic E-state index is 2.45. The van der Waals surface area contributed by atoms with Crippen LogP contribution in [-0.4, -0.2) is 9.13 Å². The van der Waals surface area contributed by atoms with Crippen LogP contribution in [0.5, 0.6) is 0 Å². The maximum absolute atomic E-state index is 2.45. The monoisotopic (exact) mass is 751 g/mol. The summed E-state index contributed by atoms with van der Waals surface area (Å²) >= 11 is 0. The highest BCUT2D eigenvalue weighted by molar-refractivity contribution is 6.16. The van der Waals surface area contributed by atoms with Gasteiger partial charge in [0, 0.05) is 55.2 Å². The molecule has 276 valence electrons. The minimum atomic E-state index is 1.09. The predicted molar refractivity (Wildman–Crippen MR) is 250 cm³/mol. The number of benzene rings is 10. The molecule has 2 heterocycles. The molecule has 12 rings (SSSR count). The molecule has 0 amide bonds. The van der Waals surface area contributed by atoms with E-state index in [-0.39, 0.29) is 0 Å². The first kappa shape index (κ1) is 33.3. The molecule has 59 heavy (non-hydrogen) atoms. The van der Waals surface area contributed by atoms with E-state index in [1.165, 1.54) is 70.7 Å². The van der Waals surface area contributed by atoms with Gasteiger partial charge < -0.3 is 14.0 Å². The number of hydrogen-bond acceptors (Lipinski definition) is 1. The third kappa shape index (κ3) is 5.22. The quantitative estimate of drug-likeness (QED) is 0.154. The smallest absolute Gasteiger partial charge is 0.0619 e. The fourth-order valence-corrected chi connectivity index (χ4v) is 9.51. The first-order chi connectivity index (χ1) is 29.3. The van der Waals surface area contributed by atoms with E-state index in [0.717, 1.165) is 34.0 Å². The summed E-state index contributed by atoms with van der Waals surface area (Å²) in [6.45, 7) is 0. The molecule has 0 bridgehead atoms. The van der Waals surface area contributed by atoms with Crippen LogP contribution in [0, 0.1) is 0 Å². The molecule has 0 aliphatic rings. The van der Waals surface area contributed by atoms with Gasteiger partial charge in [0.15, 0.2) is 0 Å². The number of hydrogen-bond donors (Lipinski definition) is 0. The number of nitrogens with zero attached hydrogens (tertiary/aromatic N) is 3. The van der Waals surface area contributed by atoms with Crippen LogP contribution in [-0.2, 0) is 0 Å². The zero-order chi connectivity index (χ0) is 38.9. The molecular weight excluding hydrogens is 715 g/mol. The minimum absolute atomic E-state index is 1.09. The summed E-state index contributed by atoms with van der Waals surface area (Å²) in [7, 11) is 0. The predicted octanol–water partition coefficient (Wildman–Crippen LogP) is 15.3. The molecule has 2 aromatic heterocycles. The van der Waals surface area contributed by atoms with Gasteiger partial charge in [-0.2, -0.15) is 0 Å². The number of rotatable bonds is 6. The standard InChI is InChI=1S/C56H37N3/c1-2-18-40(19-3-1)59-54-31-13-10-26-50(54)51-28-15-27-45(56(51)59)38-17-14-20-43(36-38)57(55-37-39-16-4-5-21-44(39)46-22-6-7-23-47(46)55)41-32-34-42(35-33-41)58-52-29-11-8-24-48(52)49-25-9-12-30-53(49)58/h1-37H. The van der Waals surface area contributed by atoms with Crippen molar-refractivity contribution in [1.82, 2.24) is 9.13 Å². The molecule has 12 aromatic rings. The fraction of sp³-hybridized carbons (Fsp3) is 0. The van der Waals surface area contributed by atoms with Gasteiger partial charge in [-0.05, 0) is 94.5 Å². The normalized spacial score (nSPS) is 11.7. The summed E-state index contributed by atoms with van der Waals surface area (Å²) < 4.78 is 4.81. The number of fused-ring (bicyclic) bond motifs is 9. The SMILES string of the molecule is c1ccc(-n2c3ccccc3c3cccc(-c4cccc(N(c5ccc(-n6c7ccccc7c7ccccc76)cc5)c5cc6ccccc6c6ccccc56)c4)c32)cc1. The van der Waals surface area contributed by atoms with Gasteiger partial charge in [0.2, 0.25) is 0 Å². The Balaban J connectivity index is 1.09. The van der Waals surface area contributed by atoms with Crippen molar-refractivity contribution in [3.05, 3.63) is 224 Å². The molecular formula is C56H37N3. The first-order valence-corrected chi connectivity index (χ1v) is 20.3. The first-order valence-electron chi connectivity index (χ1n) is 20.3. The molecule has 0 spiro atoms. The molecule has 3 nitrogen and oxygen atoms in total. The molecule has 0 unspecified atom stereocenters. The van der Waals surface area contributed by atoms with E-state index in [1.54, 1.807) is 0 Å². The molecule has 10 aromatic carbocycles. The maximum Gasteiger partial charge on any atom is 0.0619 e. The lowest BCUT2D eigenvalue weighted by molar-refractivity contribution is 1.17. The second-order valence-electron chi connectivity index (χ2n) is 15.3. The van der Waals surface area contributed by atoms with Crippen molar-refractivity contribution in [2.45, 2.75) is 0 Å². The number of aromatic nitrogens is 2. The Hall–Kier alpha value is -7.88. The molecule has 0 saturated heterocycles. The molecule has 3 heteroatoms. The van der Waals surface area contributed by atoms with E-state index < -0.39 is 0 Å². The molecule has 0 atom stereocenters. The number of para-hydroxylation sites is 5. The molecule has 0 fully saturated rings. The minimum Gasteiger partial charge on any atom is -0.310 e. The van der Waals surface area contributed by atoms with Gasteiger partial charge >= 0.3 is 0 Å². The average molecular weight is 752 g/mol. The van der Waals surface area contributed by atoms with Gasteiger partial charge in [-0.3, -0.25) is 0 Å². The van der Waals surface area contributed by atoms with Crippen molar-refractivity contribution in [3.63, 3.8) is 0 Å². The van der Waals surface area contributed by atoms with E-state index in [2.05, 4.69) is 238 Å². The Kier molecular flexibility index (Phi) is 7.54. The van der Waals surface area contributed by atoms with Crippen molar-refractivity contribution in [2.75, 3.05) is 4.90 Å². The van der Waals surface area contributed by atoms with Crippen LogP contribution in [0.4, 0.5) is 17.1 Å². The van der Waals surface area contributed by atoms with E-state index in [1.807, 2.05) is 0 Å². The van der Waals surface area contributed by atoms with Crippen LogP contribution in [0.25, 0.3) is 87.7 Å². The van der Waals surface area contributed by atoms with Crippen LogP contribution in [0.3, 0.4) is 0 Å². The fourth-order valence-electron chi connectivity index (χ4n) is 9.51. The van der Waals surface area contributed by atoms with Gasteiger partial charge in [-0.15, -0.1) is 0 Å².